The second-order valence-corrected chi connectivity index (χ2v) is 10.2. The number of rotatable bonds is 7. The average molecular weight is 536 g/mol. The number of hydrogen-bond acceptors (Lipinski definition) is 6. The van der Waals surface area contributed by atoms with Crippen molar-refractivity contribution in [3.63, 3.8) is 0 Å². The first-order valence-electron chi connectivity index (χ1n) is 10.8. The smallest absolute Gasteiger partial charge is 0.399 e. The first-order valence-corrected chi connectivity index (χ1v) is 12.7. The number of nitrogens with one attached hydrogen (secondary N) is 1. The Morgan fingerprint density at radius 1 is 1.08 bits per heavy atom. The molecule has 1 N–H and O–H groups in total. The molecule has 0 saturated heterocycles. The van der Waals surface area contributed by atoms with Crippen LogP contribution in [-0.2, 0) is 27.4 Å². The molecule has 0 atom stereocenters. The molecule has 0 saturated carbocycles. The number of hydrogen-bond donors (Lipinski definition) is 1. The number of sulfone groups is 1. The van der Waals surface area contributed by atoms with Gasteiger partial charge in [0.15, 0.2) is 9.84 Å². The molecule has 37 heavy (non-hydrogen) atoms. The number of oxime groups is 1. The van der Waals surface area contributed by atoms with Gasteiger partial charge in [0.1, 0.15) is 12.7 Å². The molecule has 3 rings (SSSR count). The highest BCUT2D eigenvalue weighted by atomic mass is 32.2. The largest absolute Gasteiger partial charge is 0.416 e. The number of halogens is 3. The highest BCUT2D eigenvalue weighted by Crippen LogP contribution is 2.30. The number of nitrogens with zero attached hydrogens (tertiary/aromatic N) is 2. The van der Waals surface area contributed by atoms with E-state index in [4.69, 9.17) is 4.84 Å². The van der Waals surface area contributed by atoms with Crippen molar-refractivity contribution in [1.29, 1.82) is 0 Å². The summed E-state index contributed by atoms with van der Waals surface area (Å²) in [5.74, 6) is -0.774. The maximum atomic E-state index is 13.4. The second kappa shape index (κ2) is 10.6. The van der Waals surface area contributed by atoms with Gasteiger partial charge in [0.2, 0.25) is 0 Å². The topological polar surface area (TPSA) is 107 Å². The minimum Gasteiger partial charge on any atom is -0.399 e. The molecule has 1 amide bonds. The molecule has 196 valence electrons. The highest BCUT2D eigenvalue weighted by molar-refractivity contribution is 7.90. The second-order valence-electron chi connectivity index (χ2n) is 8.20. The predicted molar refractivity (Wildman–Crippen MR) is 132 cm³/mol. The van der Waals surface area contributed by atoms with E-state index in [0.717, 1.165) is 23.0 Å². The molecule has 1 aromatic heterocycles. The third kappa shape index (κ3) is 6.26. The van der Waals surface area contributed by atoms with Gasteiger partial charge in [-0.25, -0.2) is 8.42 Å². The van der Waals surface area contributed by atoms with Gasteiger partial charge in [0.25, 0.3) is 11.5 Å². The van der Waals surface area contributed by atoms with Crippen LogP contribution >= 0.6 is 0 Å². The van der Waals surface area contributed by atoms with Gasteiger partial charge in [-0.15, -0.1) is 0 Å². The van der Waals surface area contributed by atoms with Gasteiger partial charge in [-0.2, -0.15) is 13.2 Å². The maximum Gasteiger partial charge on any atom is 0.416 e. The van der Waals surface area contributed by atoms with Crippen molar-refractivity contribution in [2.45, 2.75) is 31.5 Å². The lowest BCUT2D eigenvalue weighted by Gasteiger charge is -2.17. The molecule has 3 aromatic rings. The van der Waals surface area contributed by atoms with Crippen LogP contribution in [0.2, 0.25) is 0 Å². The summed E-state index contributed by atoms with van der Waals surface area (Å²) in [6, 6.07) is 11.4. The molecule has 8 nitrogen and oxygen atoms in total. The van der Waals surface area contributed by atoms with E-state index < -0.39 is 33.0 Å². The van der Waals surface area contributed by atoms with Gasteiger partial charge < -0.3 is 10.2 Å². The number of aromatic nitrogens is 1. The van der Waals surface area contributed by atoms with Crippen LogP contribution in [0, 0.1) is 6.92 Å². The fourth-order valence-corrected chi connectivity index (χ4v) is 4.31. The molecule has 0 spiro atoms. The maximum absolute atomic E-state index is 13.4. The van der Waals surface area contributed by atoms with Crippen molar-refractivity contribution in [2.75, 3.05) is 13.4 Å². The van der Waals surface area contributed by atoms with E-state index in [1.807, 2.05) is 0 Å². The van der Waals surface area contributed by atoms with Crippen molar-refractivity contribution < 1.29 is 31.2 Å². The molecule has 2 aromatic carbocycles. The number of alkyl halides is 3. The van der Waals surface area contributed by atoms with Gasteiger partial charge in [0, 0.05) is 29.7 Å². The molecule has 0 unspecified atom stereocenters. The summed E-state index contributed by atoms with van der Waals surface area (Å²) >= 11 is 0. The van der Waals surface area contributed by atoms with Crippen LogP contribution in [0.15, 0.2) is 69.4 Å². The molecular weight excluding hydrogens is 511 g/mol. The highest BCUT2D eigenvalue weighted by Gasteiger charge is 2.31. The molecule has 0 aliphatic heterocycles. The zero-order valence-electron chi connectivity index (χ0n) is 20.4. The van der Waals surface area contributed by atoms with Gasteiger partial charge in [-0.05, 0) is 55.8 Å². The van der Waals surface area contributed by atoms with Crippen LogP contribution in [0.1, 0.15) is 39.7 Å². The Morgan fingerprint density at radius 3 is 2.30 bits per heavy atom. The van der Waals surface area contributed by atoms with E-state index in [1.165, 1.54) is 56.5 Å². The van der Waals surface area contributed by atoms with E-state index in [9.17, 15) is 31.2 Å². The molecule has 1 heterocycles. The predicted octanol–water partition coefficient (Wildman–Crippen LogP) is 3.87. The Morgan fingerprint density at radius 2 is 1.73 bits per heavy atom. The lowest BCUT2D eigenvalue weighted by molar-refractivity contribution is -0.137. The normalized spacial score (nSPS) is 12.4. The van der Waals surface area contributed by atoms with Gasteiger partial charge in [-0.3, -0.25) is 14.2 Å². The molecule has 0 bridgehead atoms. The molecule has 12 heteroatoms. The molecule has 0 fully saturated rings. The van der Waals surface area contributed by atoms with Crippen molar-refractivity contribution in [2.24, 2.45) is 5.16 Å². The fourth-order valence-electron chi connectivity index (χ4n) is 3.68. The summed E-state index contributed by atoms with van der Waals surface area (Å²) in [7, 11) is -2.08. The lowest BCUT2D eigenvalue weighted by atomic mass is 10.0. The van der Waals surface area contributed by atoms with Crippen LogP contribution in [0.4, 0.5) is 13.2 Å². The van der Waals surface area contributed by atoms with Gasteiger partial charge in [-0.1, -0.05) is 23.4 Å². The minimum atomic E-state index is -4.63. The first-order chi connectivity index (χ1) is 17.2. The average Bonchev–Trinajstić information content (AvgIpc) is 2.82. The summed E-state index contributed by atoms with van der Waals surface area (Å²) in [5.41, 5.74) is -0.721. The summed E-state index contributed by atoms with van der Waals surface area (Å²) in [6.45, 7) is 3.06. The molecule has 0 aliphatic rings. The summed E-state index contributed by atoms with van der Waals surface area (Å²) in [6.07, 6.45) is -3.56. The molecule has 0 radical (unpaired) electrons. The zero-order valence-corrected chi connectivity index (χ0v) is 21.2. The number of carbonyl (C=O) groups is 1. The van der Waals surface area contributed by atoms with Crippen molar-refractivity contribution in [3.8, 4) is 5.69 Å². The quantitative estimate of drug-likeness (QED) is 0.365. The van der Waals surface area contributed by atoms with Crippen LogP contribution in [0.3, 0.4) is 0 Å². The lowest BCUT2D eigenvalue weighted by Crippen LogP contribution is -2.34. The summed E-state index contributed by atoms with van der Waals surface area (Å²) in [5, 5.41) is 6.43. The Balaban J connectivity index is 2.07. The first kappa shape index (κ1) is 27.7. The van der Waals surface area contributed by atoms with Crippen molar-refractivity contribution in [3.05, 3.63) is 92.9 Å². The van der Waals surface area contributed by atoms with Crippen LogP contribution in [-0.4, -0.2) is 38.0 Å². The Kier molecular flexibility index (Phi) is 7.91. The van der Waals surface area contributed by atoms with E-state index in [2.05, 4.69) is 10.5 Å². The number of pyridine rings is 1. The van der Waals surface area contributed by atoms with E-state index in [0.29, 0.717) is 16.8 Å². The monoisotopic (exact) mass is 535 g/mol. The zero-order chi connectivity index (χ0) is 27.5. The standard InChI is InChI=1S/C25H24F3N3O5S/c1-15(30-36-3)21-13-22(23(32)29-14-17-8-10-20(11-9-17)37(4,34)35)24(33)31(16(21)2)19-7-5-6-18(12-19)25(26,27)28/h5-13H,14H2,1-4H3,(H,29,32). The fraction of sp³-hybridized carbons (Fsp3) is 0.240. The SMILES string of the molecule is CON=C(C)c1cc(C(=O)NCc2ccc(S(C)(=O)=O)cc2)c(=O)n(-c2cccc(C(F)(F)F)c2)c1C. The van der Waals surface area contributed by atoms with Gasteiger partial charge in [0.05, 0.1) is 16.2 Å². The Labute approximate surface area is 211 Å². The Bertz CT molecular complexity index is 1530. The van der Waals surface area contributed by atoms with Crippen molar-refractivity contribution in [1.82, 2.24) is 9.88 Å². The van der Waals surface area contributed by atoms with Crippen LogP contribution in [0.25, 0.3) is 5.69 Å². The van der Waals surface area contributed by atoms with Crippen LogP contribution < -0.4 is 10.9 Å². The number of benzene rings is 2. The number of carbonyl (C=O) groups excluding carboxylic acids is 1. The molecule has 0 aliphatic carbocycles. The van der Waals surface area contributed by atoms with E-state index in [-0.39, 0.29) is 28.4 Å². The third-order valence-electron chi connectivity index (χ3n) is 5.55. The summed E-state index contributed by atoms with van der Waals surface area (Å²) in [4.78, 5) is 31.3. The third-order valence-corrected chi connectivity index (χ3v) is 6.67. The molecular formula is C25H24F3N3O5S. The minimum absolute atomic E-state index is 0.0276. The Hall–Kier alpha value is -3.93. The van der Waals surface area contributed by atoms with Crippen LogP contribution in [0.5, 0.6) is 0 Å². The van der Waals surface area contributed by atoms with Gasteiger partial charge >= 0.3 is 6.18 Å². The van der Waals surface area contributed by atoms with E-state index in [1.54, 1.807) is 6.92 Å². The van der Waals surface area contributed by atoms with Crippen molar-refractivity contribution >= 4 is 21.5 Å². The summed E-state index contributed by atoms with van der Waals surface area (Å²) < 4.78 is 64.3. The van der Waals surface area contributed by atoms with E-state index >= 15 is 0 Å². The number of amides is 1.